The summed E-state index contributed by atoms with van der Waals surface area (Å²) in [4.78, 5) is 23.7. The van der Waals surface area contributed by atoms with E-state index in [0.717, 1.165) is 41.5 Å². The topological polar surface area (TPSA) is 132 Å². The summed E-state index contributed by atoms with van der Waals surface area (Å²) in [6.45, 7) is 6.11. The molecule has 0 bridgehead atoms. The van der Waals surface area contributed by atoms with E-state index in [2.05, 4.69) is 26.6 Å². The molecule has 0 aliphatic carbocycles. The van der Waals surface area contributed by atoms with Crippen LogP contribution in [-0.2, 0) is 10.0 Å². The average Bonchev–Trinajstić information content (AvgIpc) is 3.00. The molecule has 258 valence electrons. The van der Waals surface area contributed by atoms with E-state index in [1.807, 2.05) is 50.2 Å². The van der Waals surface area contributed by atoms with Gasteiger partial charge >= 0.3 is 18.2 Å². The van der Waals surface area contributed by atoms with Crippen molar-refractivity contribution in [2.45, 2.75) is 71.6 Å². The Labute approximate surface area is 299 Å². The Morgan fingerprint density at radius 1 is 0.848 bits per heavy atom. The number of nitrogens with one attached hydrogen (secondary N) is 5. The molecule has 5 N–H and O–H groups in total. The number of nitrogens with zero attached hydrogens (tertiary/aromatic N) is 1. The van der Waals surface area contributed by atoms with E-state index in [-0.39, 0.29) is 63.7 Å². The van der Waals surface area contributed by atoms with Crippen LogP contribution in [0.15, 0.2) is 48.5 Å². The summed E-state index contributed by atoms with van der Waals surface area (Å²) in [7, 11) is -2.27. The van der Waals surface area contributed by atoms with Gasteiger partial charge in [0.2, 0.25) is 10.0 Å². The van der Waals surface area contributed by atoms with Crippen LogP contribution in [0, 0.1) is 45.0 Å². The first kappa shape index (κ1) is 42.1. The Hall–Kier alpha value is -1.88. The zero-order chi connectivity index (χ0) is 33.5. The molecular weight excluding hydrogens is 866 g/mol. The Bertz CT molecular complexity index is 1300. The van der Waals surface area contributed by atoms with Gasteiger partial charge in [-0.25, -0.2) is 22.3 Å². The van der Waals surface area contributed by atoms with Crippen molar-refractivity contribution < 1.29 is 62.3 Å². The van der Waals surface area contributed by atoms with E-state index in [4.69, 9.17) is 1.28 Å². The minimum atomic E-state index is -4.50. The smallest absolute Gasteiger partial charge is 0.335 e. The predicted octanol–water partition coefficient (Wildman–Crippen LogP) is 5.43. The summed E-state index contributed by atoms with van der Waals surface area (Å²) in [5.41, 5.74) is 3.73. The first-order valence-corrected chi connectivity index (χ1v) is 15.9. The largest absolute Gasteiger partial charge is 0.390 e. The quantitative estimate of drug-likeness (QED) is 0.237. The third-order valence-electron chi connectivity index (χ3n) is 7.12. The fraction of sp³-hybridized carbons (Fsp3) is 0.533. The van der Waals surface area contributed by atoms with Crippen molar-refractivity contribution in [1.82, 2.24) is 20.3 Å². The number of halogens is 3. The molecule has 2 aromatic carbocycles. The molecule has 10 nitrogen and oxygen atoms in total. The summed E-state index contributed by atoms with van der Waals surface area (Å²) >= 11 is 0. The Morgan fingerprint density at radius 3 is 1.63 bits per heavy atom. The minimum absolute atomic E-state index is 0. The van der Waals surface area contributed by atoms with Crippen molar-refractivity contribution in [3.8, 4) is 0 Å². The van der Waals surface area contributed by atoms with Crippen LogP contribution in [0.3, 0.4) is 0 Å². The van der Waals surface area contributed by atoms with Crippen LogP contribution in [0.25, 0.3) is 0 Å². The number of carbonyl (C=O) groups is 2. The number of carbonyl (C=O) groups excluding carboxylic acids is 2. The van der Waals surface area contributed by atoms with Gasteiger partial charge in [0.1, 0.15) is 0 Å². The second-order valence-electron chi connectivity index (χ2n) is 10.8. The molecule has 4 amide bonds. The number of rotatable bonds is 7. The maximum absolute atomic E-state index is 12.2. The van der Waals surface area contributed by atoms with Crippen molar-refractivity contribution in [3.63, 3.8) is 0 Å². The number of benzene rings is 2. The molecule has 46 heavy (non-hydrogen) atoms. The van der Waals surface area contributed by atoms with Crippen molar-refractivity contribution >= 4 is 43.3 Å². The Morgan fingerprint density at radius 2 is 1.24 bits per heavy atom. The zero-order valence-corrected chi connectivity index (χ0v) is 31.7. The summed E-state index contributed by atoms with van der Waals surface area (Å²) in [6, 6.07) is 14.6. The van der Waals surface area contributed by atoms with Crippen LogP contribution in [0.5, 0.6) is 0 Å². The third-order valence-corrected chi connectivity index (χ3v) is 8.99. The normalized spacial score (nSPS) is 15.9. The predicted molar refractivity (Wildman–Crippen MR) is 179 cm³/mol. The molecule has 2 aromatic rings. The van der Waals surface area contributed by atoms with Crippen molar-refractivity contribution in [2.75, 3.05) is 42.6 Å². The summed E-state index contributed by atoms with van der Waals surface area (Å²) in [5.74, 6) is -0.942. The van der Waals surface area contributed by atoms with Gasteiger partial charge in [-0.2, -0.15) is 23.0 Å². The number of hydrogen-bond donors (Lipinski definition) is 5. The Kier molecular flexibility index (Phi) is 19.4. The number of anilines is 2. The first-order chi connectivity index (χ1) is 21.3. The molecule has 0 spiro atoms. The molecule has 2 heterocycles. The number of urea groups is 2. The maximum Gasteiger partial charge on any atom is 0.390 e. The molecule has 1 atom stereocenters. The van der Waals surface area contributed by atoms with Gasteiger partial charge in [0.15, 0.2) is 0 Å². The van der Waals surface area contributed by atoms with E-state index in [1.165, 1.54) is 5.56 Å². The number of alkyl halides is 3. The molecule has 0 aromatic heterocycles. The average molecular weight is 917 g/mol. The SMILES string of the molecule is C.Cc1ccc(NC(=O)NC2CCN(S(=O)(=O)CCC(F)(F)F)CC2)cc1.Cc1ccc(NC(=O)NC2CCNCC2)cc1.[3H]P.[U]. The first-order valence-electron chi connectivity index (χ1n) is 14.9. The number of amides is 4. The van der Waals surface area contributed by atoms with Gasteiger partial charge in [-0.15, -0.1) is 0 Å². The van der Waals surface area contributed by atoms with E-state index in [0.29, 0.717) is 24.6 Å². The molecule has 0 saturated carbocycles. The van der Waals surface area contributed by atoms with E-state index in [9.17, 15) is 31.2 Å². The number of aryl methyl sites for hydroxylation is 2. The van der Waals surface area contributed by atoms with Crippen LogP contribution >= 0.6 is 9.84 Å². The standard InChI is InChI=1S/C16H22F3N3O3S.C13H19N3O.CH4.H3P.U/c1-12-2-4-13(5-3-12)20-15(23)21-14-6-9-22(10-7-14)26(24,25)11-8-16(17,18)19;1-10-2-4-11(5-3-10)15-13(17)16-12-6-8-14-9-7-12;;;/h2-5,14H,6-11H2,1H3,(H2,20,21,23);2-5,12,14H,6-9H2,1H3,(H2,15,16,17);1H4;1H3;/i;;;1T;. The summed E-state index contributed by atoms with van der Waals surface area (Å²) in [6.07, 6.45) is -3.14. The summed E-state index contributed by atoms with van der Waals surface area (Å²) < 4.78 is 67.3. The fourth-order valence-corrected chi connectivity index (χ4v) is 6.11. The molecule has 4 rings (SSSR count). The number of sulfonamides is 1. The van der Waals surface area contributed by atoms with Gasteiger partial charge in [-0.3, -0.25) is 0 Å². The molecule has 2 aliphatic heterocycles. The molecule has 2 aliphatic rings. The van der Waals surface area contributed by atoms with Crippen LogP contribution < -0.4 is 26.6 Å². The van der Waals surface area contributed by atoms with Gasteiger partial charge in [0.05, 0.1) is 13.5 Å². The van der Waals surface area contributed by atoms with Gasteiger partial charge in [-0.05, 0) is 76.9 Å². The second-order valence-corrected chi connectivity index (χ2v) is 12.9. The Balaban J connectivity index is 0.000000878. The van der Waals surface area contributed by atoms with Gasteiger partial charge in [0, 0.05) is 67.7 Å². The number of hydrogen-bond acceptors (Lipinski definition) is 5. The van der Waals surface area contributed by atoms with Gasteiger partial charge in [-0.1, -0.05) is 42.8 Å². The van der Waals surface area contributed by atoms with Gasteiger partial charge < -0.3 is 26.6 Å². The molecule has 2 fully saturated rings. The van der Waals surface area contributed by atoms with Gasteiger partial charge in [0.25, 0.3) is 0 Å². The van der Waals surface area contributed by atoms with Crippen molar-refractivity contribution in [1.29, 1.82) is 1.28 Å². The zero-order valence-electron chi connectivity index (χ0n) is 26.5. The van der Waals surface area contributed by atoms with Crippen LogP contribution in [0.1, 0.15) is 50.7 Å². The van der Waals surface area contributed by atoms with Crippen LogP contribution in [0.2, 0.25) is 0 Å². The maximum atomic E-state index is 12.2. The summed E-state index contributed by atoms with van der Waals surface area (Å²) in [5, 5.41) is 14.6. The molecule has 16 heteroatoms. The minimum Gasteiger partial charge on any atom is -0.335 e. The van der Waals surface area contributed by atoms with E-state index >= 15 is 0 Å². The van der Waals surface area contributed by atoms with E-state index < -0.39 is 34.4 Å². The molecule has 0 radical (unpaired) electrons. The fourth-order valence-electron chi connectivity index (χ4n) is 4.60. The van der Waals surface area contributed by atoms with Crippen molar-refractivity contribution in [3.05, 3.63) is 59.7 Å². The number of piperidine rings is 2. The third kappa shape index (κ3) is 16.8. The second kappa shape index (κ2) is 21.2. The molecule has 2 saturated heterocycles. The molecule has 1 unspecified atom stereocenters. The van der Waals surface area contributed by atoms with Crippen LogP contribution in [0.4, 0.5) is 34.1 Å². The van der Waals surface area contributed by atoms with Crippen molar-refractivity contribution in [2.24, 2.45) is 0 Å². The van der Waals surface area contributed by atoms with E-state index in [1.54, 1.807) is 22.0 Å². The monoisotopic (exact) mass is 916 g/mol. The van der Waals surface area contributed by atoms with Crippen LogP contribution in [-0.4, -0.2) is 76.3 Å². The molecular formula is C30H48F3N6O4PSU.